The van der Waals surface area contributed by atoms with Gasteiger partial charge in [0.2, 0.25) is 0 Å². The number of likely N-dealkylation sites (tertiary alicyclic amines) is 1. The summed E-state index contributed by atoms with van der Waals surface area (Å²) in [6, 6.07) is 0.353. The summed E-state index contributed by atoms with van der Waals surface area (Å²) in [6.45, 7) is 5.00. The van der Waals surface area contributed by atoms with Crippen LogP contribution in [0.5, 0.6) is 0 Å². The van der Waals surface area contributed by atoms with E-state index in [2.05, 4.69) is 4.90 Å². The van der Waals surface area contributed by atoms with Crippen LogP contribution in [0.1, 0.15) is 33.1 Å². The second-order valence-corrected chi connectivity index (χ2v) is 4.36. The lowest BCUT2D eigenvalue weighted by Gasteiger charge is -2.38. The van der Waals surface area contributed by atoms with Gasteiger partial charge in [0.15, 0.2) is 0 Å². The highest BCUT2D eigenvalue weighted by molar-refractivity contribution is 4.81. The monoisotopic (exact) mass is 224 g/mol. The molecule has 0 aliphatic carbocycles. The third kappa shape index (κ3) is 4.38. The zero-order chi connectivity index (χ0) is 11.5. The van der Waals surface area contributed by atoms with Gasteiger partial charge in [0.05, 0.1) is 0 Å². The Labute approximate surface area is 88.8 Å². The molecule has 0 radical (unpaired) electrons. The fraction of sp³-hybridized carbons (Fsp3) is 1.00. The molecular weight excluding hydrogens is 205 g/mol. The van der Waals surface area contributed by atoms with Crippen molar-refractivity contribution >= 4 is 0 Å². The van der Waals surface area contributed by atoms with Crippen LogP contribution in [-0.2, 0) is 0 Å². The molecule has 0 aromatic rings. The van der Waals surface area contributed by atoms with Gasteiger partial charge >= 0.3 is 6.30 Å². The summed E-state index contributed by atoms with van der Waals surface area (Å²) in [6.07, 6.45) is -1.25. The van der Waals surface area contributed by atoms with E-state index in [1.165, 1.54) is 0 Å². The van der Waals surface area contributed by atoms with E-state index in [0.717, 1.165) is 25.8 Å². The smallest absolute Gasteiger partial charge is 0.297 e. The van der Waals surface area contributed by atoms with Gasteiger partial charge in [-0.05, 0) is 33.2 Å². The van der Waals surface area contributed by atoms with Gasteiger partial charge in [0.25, 0.3) is 0 Å². The molecule has 5 heteroatoms. The molecule has 2 nitrogen and oxygen atoms in total. The summed E-state index contributed by atoms with van der Waals surface area (Å²) < 4.78 is 36.0. The van der Waals surface area contributed by atoms with E-state index < -0.39 is 6.30 Å². The lowest BCUT2D eigenvalue weighted by molar-refractivity contribution is -0.160. The number of rotatable bonds is 3. The van der Waals surface area contributed by atoms with Crippen LogP contribution < -0.4 is 5.32 Å². The Morgan fingerprint density at radius 1 is 1.33 bits per heavy atom. The topological polar surface area (TPSA) is 15.3 Å². The number of hydrogen-bond acceptors (Lipinski definition) is 2. The van der Waals surface area contributed by atoms with Gasteiger partial charge in [-0.1, -0.05) is 6.42 Å². The van der Waals surface area contributed by atoms with E-state index >= 15 is 0 Å². The van der Waals surface area contributed by atoms with Crippen LogP contribution in [0.25, 0.3) is 0 Å². The third-order valence-corrected chi connectivity index (χ3v) is 2.87. The third-order valence-electron chi connectivity index (χ3n) is 2.87. The molecule has 0 bridgehead atoms. The molecular formula is C10H19F3N2. The largest absolute Gasteiger partial charge is 0.457 e. The zero-order valence-corrected chi connectivity index (χ0v) is 9.27. The van der Waals surface area contributed by atoms with Crippen molar-refractivity contribution in [2.45, 2.75) is 51.5 Å². The first-order valence-electron chi connectivity index (χ1n) is 5.47. The molecule has 0 aromatic heterocycles. The minimum Gasteiger partial charge on any atom is -0.297 e. The molecule has 1 N–H and O–H groups in total. The van der Waals surface area contributed by atoms with Crippen LogP contribution in [0.3, 0.4) is 0 Å². The van der Waals surface area contributed by atoms with Crippen molar-refractivity contribution in [2.75, 3.05) is 13.1 Å². The molecule has 1 heterocycles. The molecule has 0 aromatic carbocycles. The van der Waals surface area contributed by atoms with Crippen LogP contribution in [0.2, 0.25) is 0 Å². The summed E-state index contributed by atoms with van der Waals surface area (Å²) in [7, 11) is 0. The predicted octanol–water partition coefficient (Wildman–Crippen LogP) is 2.36. The average molecular weight is 224 g/mol. The van der Waals surface area contributed by atoms with Crippen molar-refractivity contribution in [3.05, 3.63) is 0 Å². The summed E-state index contributed by atoms with van der Waals surface area (Å²) in [5.41, 5.74) is 0. The Morgan fingerprint density at radius 3 is 2.53 bits per heavy atom. The van der Waals surface area contributed by atoms with Crippen molar-refractivity contribution in [3.8, 4) is 0 Å². The summed E-state index contributed by atoms with van der Waals surface area (Å²) in [5.74, 6) is 0. The molecule has 1 aliphatic heterocycles. The Balaban J connectivity index is 2.43. The van der Waals surface area contributed by atoms with Gasteiger partial charge in [0, 0.05) is 18.6 Å². The van der Waals surface area contributed by atoms with E-state index in [4.69, 9.17) is 0 Å². The predicted molar refractivity (Wildman–Crippen MR) is 53.5 cm³/mol. The average Bonchev–Trinajstić information content (AvgIpc) is 2.14. The van der Waals surface area contributed by atoms with Crippen LogP contribution in [-0.4, -0.2) is 36.4 Å². The molecule has 1 atom stereocenters. The van der Waals surface area contributed by atoms with E-state index in [-0.39, 0.29) is 12.6 Å². The quantitative estimate of drug-likeness (QED) is 0.740. The lowest BCUT2D eigenvalue weighted by Crippen LogP contribution is -2.50. The van der Waals surface area contributed by atoms with Crippen molar-refractivity contribution in [2.24, 2.45) is 0 Å². The van der Waals surface area contributed by atoms with E-state index in [1.807, 2.05) is 13.8 Å². The minimum absolute atomic E-state index is 0.0156. The fourth-order valence-corrected chi connectivity index (χ4v) is 2.16. The number of nitrogens with one attached hydrogen (secondary N) is 1. The summed E-state index contributed by atoms with van der Waals surface area (Å²) in [4.78, 5) is 2.16. The van der Waals surface area contributed by atoms with Crippen LogP contribution in [0.15, 0.2) is 0 Å². The van der Waals surface area contributed by atoms with E-state index in [1.54, 1.807) is 5.32 Å². The summed E-state index contributed by atoms with van der Waals surface area (Å²) >= 11 is 0. The number of hydrogen-bond donors (Lipinski definition) is 1. The van der Waals surface area contributed by atoms with Crippen molar-refractivity contribution in [1.29, 1.82) is 0 Å². The van der Waals surface area contributed by atoms with Crippen molar-refractivity contribution in [3.63, 3.8) is 0 Å². The highest BCUT2D eigenvalue weighted by Gasteiger charge is 2.31. The Hall–Kier alpha value is -0.290. The molecule has 1 fully saturated rings. The standard InChI is InChI=1S/C10H19F3N2/c1-8(2)15-6-4-3-5-9(15)7-14-10(11,12)13/h8-9,14H,3-7H2,1-2H3. The van der Waals surface area contributed by atoms with Gasteiger partial charge in [0.1, 0.15) is 0 Å². The summed E-state index contributed by atoms with van der Waals surface area (Å²) in [5, 5.41) is 1.63. The molecule has 0 saturated carbocycles. The van der Waals surface area contributed by atoms with Crippen molar-refractivity contribution < 1.29 is 13.2 Å². The second kappa shape index (κ2) is 5.16. The number of piperidine rings is 1. The molecule has 1 unspecified atom stereocenters. The van der Waals surface area contributed by atoms with Crippen molar-refractivity contribution in [1.82, 2.24) is 10.2 Å². The second-order valence-electron chi connectivity index (χ2n) is 4.36. The molecule has 1 aliphatic rings. The lowest BCUT2D eigenvalue weighted by atomic mass is 10.0. The van der Waals surface area contributed by atoms with Gasteiger partial charge in [-0.25, -0.2) is 5.32 Å². The number of halogens is 3. The van der Waals surface area contributed by atoms with Crippen LogP contribution >= 0.6 is 0 Å². The number of nitrogens with zero attached hydrogens (tertiary/aromatic N) is 1. The first-order valence-corrected chi connectivity index (χ1v) is 5.47. The molecule has 1 saturated heterocycles. The Kier molecular flexibility index (Phi) is 4.40. The molecule has 0 amide bonds. The maximum atomic E-state index is 12.0. The van der Waals surface area contributed by atoms with E-state index in [9.17, 15) is 13.2 Å². The normalized spacial score (nSPS) is 24.8. The van der Waals surface area contributed by atoms with E-state index in [0.29, 0.717) is 6.04 Å². The first kappa shape index (κ1) is 12.8. The molecule has 15 heavy (non-hydrogen) atoms. The molecule has 90 valence electrons. The fourth-order valence-electron chi connectivity index (χ4n) is 2.16. The van der Waals surface area contributed by atoms with Gasteiger partial charge in [-0.15, -0.1) is 0 Å². The highest BCUT2D eigenvalue weighted by Crippen LogP contribution is 2.20. The molecule has 1 rings (SSSR count). The first-order chi connectivity index (χ1) is 6.90. The van der Waals surface area contributed by atoms with Crippen LogP contribution in [0.4, 0.5) is 13.2 Å². The number of alkyl halides is 3. The zero-order valence-electron chi connectivity index (χ0n) is 9.27. The highest BCUT2D eigenvalue weighted by atomic mass is 19.4. The van der Waals surface area contributed by atoms with Gasteiger partial charge in [-0.2, -0.15) is 13.2 Å². The Bertz CT molecular complexity index is 192. The molecule has 0 spiro atoms. The SMILES string of the molecule is CC(C)N1CCCCC1CNC(F)(F)F. The van der Waals surface area contributed by atoms with Gasteiger partial charge in [-0.3, -0.25) is 4.90 Å². The van der Waals surface area contributed by atoms with Gasteiger partial charge < -0.3 is 0 Å². The maximum Gasteiger partial charge on any atom is 0.457 e. The maximum absolute atomic E-state index is 12.0. The van der Waals surface area contributed by atoms with Crippen LogP contribution in [0, 0.1) is 0 Å². The minimum atomic E-state index is -4.25. The Morgan fingerprint density at radius 2 is 2.00 bits per heavy atom.